The van der Waals surface area contributed by atoms with Gasteiger partial charge in [-0.2, -0.15) is 43.9 Å². The highest BCUT2D eigenvalue weighted by Crippen LogP contribution is 2.76. The van der Waals surface area contributed by atoms with Crippen LogP contribution in [0, 0.1) is 0 Å². The molecular formula is C6F10O. The van der Waals surface area contributed by atoms with Crippen LogP contribution in [-0.2, 0) is 4.74 Å². The molecule has 0 atom stereocenters. The average molecular weight is 278 g/mol. The summed E-state index contributed by atoms with van der Waals surface area (Å²) in [5.74, 6) is -33.6. The Morgan fingerprint density at radius 3 is 0.706 bits per heavy atom. The smallest absolute Gasteiger partial charge is 0.288 e. The summed E-state index contributed by atoms with van der Waals surface area (Å²) < 4.78 is 125. The molecule has 2 aliphatic carbocycles. The number of hydrogen-bond donors (Lipinski definition) is 0. The molecule has 0 bridgehead atoms. The maximum atomic E-state index is 12.6. The van der Waals surface area contributed by atoms with Crippen LogP contribution in [0.25, 0.3) is 0 Å². The maximum Gasteiger partial charge on any atom is 0.380 e. The third-order valence-electron chi connectivity index (χ3n) is 2.56. The molecule has 0 spiro atoms. The summed E-state index contributed by atoms with van der Waals surface area (Å²) in [5.41, 5.74) is 0. The van der Waals surface area contributed by atoms with E-state index in [9.17, 15) is 43.9 Å². The molecule has 2 aliphatic rings. The summed E-state index contributed by atoms with van der Waals surface area (Å²) in [5, 5.41) is 0. The summed E-state index contributed by atoms with van der Waals surface area (Å²) >= 11 is 0. The largest absolute Gasteiger partial charge is 0.380 e. The van der Waals surface area contributed by atoms with Crippen molar-refractivity contribution in [3.8, 4) is 0 Å². The second kappa shape index (κ2) is 2.36. The topological polar surface area (TPSA) is 9.23 Å². The van der Waals surface area contributed by atoms with E-state index >= 15 is 0 Å². The van der Waals surface area contributed by atoms with Gasteiger partial charge in [-0.15, -0.1) is 0 Å². The number of alkyl halides is 10. The summed E-state index contributed by atoms with van der Waals surface area (Å²) in [6, 6.07) is 0. The second-order valence-corrected chi connectivity index (χ2v) is 3.59. The predicted octanol–water partition coefficient (Wildman–Crippen LogP) is 2.90. The molecule has 2 saturated carbocycles. The molecule has 0 heterocycles. The van der Waals surface area contributed by atoms with Gasteiger partial charge >= 0.3 is 35.4 Å². The third kappa shape index (κ3) is 0.879. The van der Waals surface area contributed by atoms with Crippen molar-refractivity contribution in [1.29, 1.82) is 0 Å². The highest BCUT2D eigenvalue weighted by atomic mass is 19.4. The van der Waals surface area contributed by atoms with E-state index in [-0.39, 0.29) is 0 Å². The number of ether oxygens (including phenoxy) is 1. The van der Waals surface area contributed by atoms with Crippen molar-refractivity contribution in [2.24, 2.45) is 0 Å². The van der Waals surface area contributed by atoms with Crippen molar-refractivity contribution >= 4 is 0 Å². The van der Waals surface area contributed by atoms with Gasteiger partial charge in [-0.25, -0.2) is 0 Å². The summed E-state index contributed by atoms with van der Waals surface area (Å²) in [6.07, 6.45) is 0. The monoisotopic (exact) mass is 278 g/mol. The predicted molar refractivity (Wildman–Crippen MR) is 28.6 cm³/mol. The lowest BCUT2D eigenvalue weighted by Crippen LogP contribution is -2.31. The molecule has 100 valence electrons. The van der Waals surface area contributed by atoms with E-state index < -0.39 is 35.4 Å². The molecule has 0 amide bonds. The molecule has 0 aromatic rings. The fraction of sp³-hybridized carbons (Fsp3) is 1.00. The molecule has 0 radical (unpaired) electrons. The minimum absolute atomic E-state index is 2.38. The van der Waals surface area contributed by atoms with E-state index in [1.54, 1.807) is 0 Å². The van der Waals surface area contributed by atoms with Crippen LogP contribution >= 0.6 is 0 Å². The third-order valence-corrected chi connectivity index (χ3v) is 2.56. The first kappa shape index (κ1) is 12.7. The summed E-state index contributed by atoms with van der Waals surface area (Å²) in [4.78, 5) is 0. The SMILES string of the molecule is FC1(F)C(F)(F)C1(F)OC1(F)C(F)(F)C1(F)F. The maximum absolute atomic E-state index is 12.6. The van der Waals surface area contributed by atoms with Crippen LogP contribution in [-0.4, -0.2) is 35.4 Å². The first-order valence-corrected chi connectivity index (χ1v) is 3.80. The van der Waals surface area contributed by atoms with Crippen LogP contribution in [0.4, 0.5) is 43.9 Å². The van der Waals surface area contributed by atoms with Gasteiger partial charge in [0.1, 0.15) is 0 Å². The van der Waals surface area contributed by atoms with Crippen LogP contribution in [0.1, 0.15) is 0 Å². The van der Waals surface area contributed by atoms with Crippen molar-refractivity contribution in [3.05, 3.63) is 0 Å². The molecule has 0 aromatic carbocycles. The van der Waals surface area contributed by atoms with Gasteiger partial charge in [-0.05, 0) is 0 Å². The van der Waals surface area contributed by atoms with Gasteiger partial charge in [0.05, 0.1) is 0 Å². The minimum Gasteiger partial charge on any atom is -0.288 e. The summed E-state index contributed by atoms with van der Waals surface area (Å²) in [6.45, 7) is 0. The standard InChI is InChI=1S/C6F10O/c7-1(8)2(9,10)5(1,15)17-6(16)3(11,12)4(6,13)14. The molecule has 0 aromatic heterocycles. The van der Waals surface area contributed by atoms with Crippen molar-refractivity contribution in [2.45, 2.75) is 35.4 Å². The highest BCUT2D eigenvalue weighted by Gasteiger charge is 3.09. The van der Waals surface area contributed by atoms with Crippen molar-refractivity contribution in [2.75, 3.05) is 0 Å². The first-order chi connectivity index (χ1) is 7.21. The molecule has 17 heavy (non-hydrogen) atoms. The number of hydrogen-bond acceptors (Lipinski definition) is 1. The Bertz CT molecular complexity index is 322. The van der Waals surface area contributed by atoms with Gasteiger partial charge in [0.15, 0.2) is 0 Å². The van der Waals surface area contributed by atoms with Gasteiger partial charge in [0, 0.05) is 0 Å². The Morgan fingerprint density at radius 2 is 0.588 bits per heavy atom. The first-order valence-electron chi connectivity index (χ1n) is 3.80. The van der Waals surface area contributed by atoms with Crippen LogP contribution in [0.15, 0.2) is 0 Å². The van der Waals surface area contributed by atoms with Gasteiger partial charge < -0.3 is 0 Å². The Hall–Kier alpha value is -0.740. The quantitative estimate of drug-likeness (QED) is 0.706. The normalized spacial score (nSPS) is 36.4. The highest BCUT2D eigenvalue weighted by molar-refractivity contribution is 5.30. The van der Waals surface area contributed by atoms with E-state index in [4.69, 9.17) is 0 Å². The second-order valence-electron chi connectivity index (χ2n) is 3.59. The van der Waals surface area contributed by atoms with Gasteiger partial charge in [0.2, 0.25) is 0 Å². The van der Waals surface area contributed by atoms with Crippen molar-refractivity contribution in [3.63, 3.8) is 0 Å². The molecule has 0 N–H and O–H groups in total. The molecule has 0 saturated heterocycles. The zero-order valence-corrected chi connectivity index (χ0v) is 7.19. The lowest BCUT2D eigenvalue weighted by atomic mass is 10.6. The lowest BCUT2D eigenvalue weighted by Gasteiger charge is -2.10. The Morgan fingerprint density at radius 1 is 0.412 bits per heavy atom. The molecule has 0 aliphatic heterocycles. The van der Waals surface area contributed by atoms with Crippen molar-refractivity contribution < 1.29 is 48.6 Å². The van der Waals surface area contributed by atoms with Crippen LogP contribution in [0.5, 0.6) is 0 Å². The number of halogens is 10. The molecule has 0 unspecified atom stereocenters. The Kier molecular flexibility index (Phi) is 1.76. The van der Waals surface area contributed by atoms with E-state index in [1.165, 1.54) is 0 Å². The van der Waals surface area contributed by atoms with E-state index in [1.807, 2.05) is 0 Å². The zero-order valence-electron chi connectivity index (χ0n) is 7.19. The fourth-order valence-electron chi connectivity index (χ4n) is 1.18. The fourth-order valence-corrected chi connectivity index (χ4v) is 1.18. The van der Waals surface area contributed by atoms with Crippen LogP contribution in [0.3, 0.4) is 0 Å². The Balaban J connectivity index is 2.28. The van der Waals surface area contributed by atoms with Gasteiger partial charge in [0.25, 0.3) is 0 Å². The Labute approximate surface area is 85.3 Å². The van der Waals surface area contributed by atoms with Crippen LogP contribution < -0.4 is 0 Å². The van der Waals surface area contributed by atoms with E-state index in [0.717, 1.165) is 0 Å². The van der Waals surface area contributed by atoms with Gasteiger partial charge in [-0.1, -0.05) is 0 Å². The van der Waals surface area contributed by atoms with Crippen LogP contribution in [0.2, 0.25) is 0 Å². The minimum atomic E-state index is -5.64. The van der Waals surface area contributed by atoms with Gasteiger partial charge in [-0.3, -0.25) is 4.74 Å². The molecule has 11 heteroatoms. The van der Waals surface area contributed by atoms with E-state index in [0.29, 0.717) is 0 Å². The van der Waals surface area contributed by atoms with Crippen molar-refractivity contribution in [1.82, 2.24) is 0 Å². The molecule has 2 fully saturated rings. The summed E-state index contributed by atoms with van der Waals surface area (Å²) in [7, 11) is 0. The molecular weight excluding hydrogens is 278 g/mol. The average Bonchev–Trinajstić information content (AvgIpc) is 2.57. The zero-order chi connectivity index (χ0) is 13.7. The lowest BCUT2D eigenvalue weighted by molar-refractivity contribution is -0.264. The molecule has 1 nitrogen and oxygen atoms in total. The van der Waals surface area contributed by atoms with E-state index in [2.05, 4.69) is 4.74 Å². The molecule has 2 rings (SSSR count). The number of rotatable bonds is 2.